The van der Waals surface area contributed by atoms with Crippen molar-refractivity contribution in [1.29, 1.82) is 0 Å². The largest absolute Gasteiger partial charge is 0.456 e. The third-order valence-electron chi connectivity index (χ3n) is 16.5. The summed E-state index contributed by atoms with van der Waals surface area (Å²) >= 11 is 0. The lowest BCUT2D eigenvalue weighted by molar-refractivity contribution is 0.438. The lowest BCUT2D eigenvalue weighted by atomic mass is 9.65. The first kappa shape index (κ1) is 44.8. The molecule has 0 saturated carbocycles. The molecule has 0 N–H and O–H groups in total. The molecule has 1 aromatic heterocycles. The Balaban J connectivity index is 0.970. The summed E-state index contributed by atoms with van der Waals surface area (Å²) in [6, 6.07) is 105. The fraction of sp³-hybridized carbons (Fsp3) is 0.0133. The topological polar surface area (TPSA) is 28.9 Å². The van der Waals surface area contributed by atoms with Gasteiger partial charge in [0.1, 0.15) is 22.7 Å². The molecule has 0 amide bonds. The van der Waals surface area contributed by atoms with Gasteiger partial charge in [-0.3, -0.25) is 0 Å². The highest BCUT2D eigenvalue weighted by Crippen LogP contribution is 2.64. The predicted octanol–water partition coefficient (Wildman–Crippen LogP) is 20.6. The number of nitrogens with zero attached hydrogens (tertiary/aromatic N) is 2. The molecule has 0 atom stereocenters. The van der Waals surface area contributed by atoms with Crippen molar-refractivity contribution < 1.29 is 9.15 Å². The van der Waals surface area contributed by atoms with Crippen LogP contribution in [0.4, 0.5) is 34.1 Å². The fourth-order valence-electron chi connectivity index (χ4n) is 13.1. The second kappa shape index (κ2) is 17.8. The fourth-order valence-corrected chi connectivity index (χ4v) is 13.1. The molecule has 2 aliphatic rings. The van der Waals surface area contributed by atoms with E-state index in [2.05, 4.69) is 295 Å². The molecular formula is C75H48N2O2. The molecule has 4 nitrogen and oxygen atoms in total. The van der Waals surface area contributed by atoms with Crippen molar-refractivity contribution in [3.8, 4) is 44.9 Å². The lowest BCUT2D eigenvalue weighted by Crippen LogP contribution is -2.32. The van der Waals surface area contributed by atoms with E-state index in [0.29, 0.717) is 0 Å². The summed E-state index contributed by atoms with van der Waals surface area (Å²) in [4.78, 5) is 4.76. The van der Waals surface area contributed by atoms with Crippen LogP contribution in [0.1, 0.15) is 22.3 Å². The summed E-state index contributed by atoms with van der Waals surface area (Å²) in [5.41, 5.74) is 18.7. The molecule has 2 heterocycles. The van der Waals surface area contributed by atoms with Crippen molar-refractivity contribution in [2.45, 2.75) is 5.41 Å². The molecule has 13 aromatic carbocycles. The van der Waals surface area contributed by atoms with Crippen molar-refractivity contribution in [2.75, 3.05) is 9.80 Å². The van der Waals surface area contributed by atoms with E-state index in [9.17, 15) is 0 Å². The van der Waals surface area contributed by atoms with E-state index in [1.165, 1.54) is 38.4 Å². The number of furan rings is 1. The first-order valence-corrected chi connectivity index (χ1v) is 27.1. The third kappa shape index (κ3) is 6.88. The average Bonchev–Trinajstić information content (AvgIpc) is 4.15. The molecule has 0 bridgehead atoms. The Morgan fingerprint density at radius 1 is 0.291 bits per heavy atom. The number of anilines is 6. The highest BCUT2D eigenvalue weighted by molar-refractivity contribution is 6.15. The van der Waals surface area contributed by atoms with Crippen LogP contribution in [0.2, 0.25) is 0 Å². The maximum absolute atomic E-state index is 7.49. The minimum absolute atomic E-state index is 0.734. The first-order chi connectivity index (χ1) is 39.2. The van der Waals surface area contributed by atoms with Crippen molar-refractivity contribution in [3.63, 3.8) is 0 Å². The van der Waals surface area contributed by atoms with Gasteiger partial charge < -0.3 is 19.0 Å². The highest BCUT2D eigenvalue weighted by Gasteiger charge is 2.52. The quantitative estimate of drug-likeness (QED) is 0.142. The van der Waals surface area contributed by atoms with Gasteiger partial charge in [-0.15, -0.1) is 0 Å². The maximum Gasteiger partial charge on any atom is 0.140 e. The second-order valence-corrected chi connectivity index (χ2v) is 20.7. The molecule has 1 aliphatic heterocycles. The van der Waals surface area contributed by atoms with Crippen molar-refractivity contribution in [1.82, 2.24) is 0 Å². The van der Waals surface area contributed by atoms with Gasteiger partial charge in [-0.25, -0.2) is 0 Å². The Bertz CT molecular complexity index is 4630. The third-order valence-corrected chi connectivity index (χ3v) is 16.5. The van der Waals surface area contributed by atoms with E-state index in [1.807, 2.05) is 6.07 Å². The molecule has 0 radical (unpaired) electrons. The van der Waals surface area contributed by atoms with E-state index in [-0.39, 0.29) is 0 Å². The van der Waals surface area contributed by atoms with Crippen molar-refractivity contribution in [2.24, 2.45) is 0 Å². The molecule has 0 unspecified atom stereocenters. The lowest BCUT2D eigenvalue weighted by Gasteiger charge is -2.41. The highest BCUT2D eigenvalue weighted by atomic mass is 16.5. The molecule has 14 aromatic rings. The normalized spacial score (nSPS) is 12.8. The zero-order chi connectivity index (χ0) is 52.0. The van der Waals surface area contributed by atoms with Crippen LogP contribution in [-0.4, -0.2) is 0 Å². The van der Waals surface area contributed by atoms with Gasteiger partial charge in [0.2, 0.25) is 0 Å². The first-order valence-electron chi connectivity index (χ1n) is 27.1. The van der Waals surface area contributed by atoms with Gasteiger partial charge in [-0.05, 0) is 145 Å². The van der Waals surface area contributed by atoms with E-state index in [4.69, 9.17) is 9.15 Å². The van der Waals surface area contributed by atoms with E-state index >= 15 is 0 Å². The van der Waals surface area contributed by atoms with Gasteiger partial charge in [0.05, 0.1) is 16.5 Å². The standard InChI is InChI=1S/C75H48N2O2/c1-3-22-52(23-4-1)76(53-24-5-2-6-25-53)55-26-17-21-51(46-55)49-40-43-54(44-41-49)77(69-36-19-39-72-73(69)63-30-11-15-37-70(63)78-72)56-47-64(59-32-18-31-58-57-27-8-7-20-50(57)42-45-60(58)59)74-68(48-56)75(67-35-14-16-38-71(67)79-74)65-33-12-9-28-61(65)62-29-10-13-34-66(62)75/h1-48H. The van der Waals surface area contributed by atoms with E-state index in [0.717, 1.165) is 106 Å². The Hall–Kier alpha value is -10.4. The van der Waals surface area contributed by atoms with Crippen LogP contribution < -0.4 is 14.5 Å². The Kier molecular flexibility index (Phi) is 10.1. The average molecular weight is 1010 g/mol. The summed E-state index contributed by atoms with van der Waals surface area (Å²) in [6.07, 6.45) is 0. The summed E-state index contributed by atoms with van der Waals surface area (Å²) in [5, 5.41) is 6.87. The van der Waals surface area contributed by atoms with Crippen molar-refractivity contribution in [3.05, 3.63) is 313 Å². The molecule has 1 aliphatic carbocycles. The van der Waals surface area contributed by atoms with Crippen LogP contribution in [0.25, 0.3) is 76.9 Å². The molecule has 16 rings (SSSR count). The SMILES string of the molecule is c1ccc(N(c2ccccc2)c2cccc(-c3ccc(N(c4cc(-c5cccc6c5ccc5ccccc56)c5c(c4)C4(c6ccccc6O5)c5ccccc5-c5ccccc54)c4cccc5oc6ccccc6c45)cc3)c2)cc1. The number of hydrogen-bond acceptors (Lipinski definition) is 4. The Morgan fingerprint density at radius 3 is 1.65 bits per heavy atom. The molecule has 0 fully saturated rings. The van der Waals surface area contributed by atoms with Crippen molar-refractivity contribution >= 4 is 77.6 Å². The zero-order valence-corrected chi connectivity index (χ0v) is 42.9. The van der Waals surface area contributed by atoms with Gasteiger partial charge >= 0.3 is 0 Å². The smallest absolute Gasteiger partial charge is 0.140 e. The van der Waals surface area contributed by atoms with Gasteiger partial charge in [0, 0.05) is 50.5 Å². The van der Waals surface area contributed by atoms with Gasteiger partial charge in [-0.1, -0.05) is 206 Å². The monoisotopic (exact) mass is 1010 g/mol. The van der Waals surface area contributed by atoms with E-state index < -0.39 is 5.41 Å². The molecular weight excluding hydrogens is 961 g/mol. The molecule has 370 valence electrons. The second-order valence-electron chi connectivity index (χ2n) is 20.7. The number of para-hydroxylation sites is 4. The zero-order valence-electron chi connectivity index (χ0n) is 42.9. The minimum Gasteiger partial charge on any atom is -0.456 e. The summed E-state index contributed by atoms with van der Waals surface area (Å²) < 4.78 is 14.2. The van der Waals surface area contributed by atoms with Crippen LogP contribution in [-0.2, 0) is 5.41 Å². The Labute approximate surface area is 457 Å². The van der Waals surface area contributed by atoms with Gasteiger partial charge in [0.15, 0.2) is 0 Å². The van der Waals surface area contributed by atoms with Crippen LogP contribution in [0.15, 0.2) is 296 Å². The Morgan fingerprint density at radius 2 is 0.873 bits per heavy atom. The number of fused-ring (bicyclic) bond motifs is 15. The number of benzene rings is 13. The van der Waals surface area contributed by atoms with Crippen LogP contribution >= 0.6 is 0 Å². The van der Waals surface area contributed by atoms with Crippen LogP contribution in [0.3, 0.4) is 0 Å². The molecule has 79 heavy (non-hydrogen) atoms. The maximum atomic E-state index is 7.49. The van der Waals surface area contributed by atoms with Gasteiger partial charge in [0.25, 0.3) is 0 Å². The van der Waals surface area contributed by atoms with Crippen LogP contribution in [0, 0.1) is 0 Å². The van der Waals surface area contributed by atoms with E-state index in [1.54, 1.807) is 0 Å². The number of rotatable bonds is 8. The predicted molar refractivity (Wildman–Crippen MR) is 326 cm³/mol. The number of hydrogen-bond donors (Lipinski definition) is 0. The molecule has 0 saturated heterocycles. The van der Waals surface area contributed by atoms with Crippen LogP contribution in [0.5, 0.6) is 11.5 Å². The summed E-state index contributed by atoms with van der Waals surface area (Å²) in [6.45, 7) is 0. The van der Waals surface area contributed by atoms with Gasteiger partial charge in [-0.2, -0.15) is 0 Å². The summed E-state index contributed by atoms with van der Waals surface area (Å²) in [5.74, 6) is 1.69. The summed E-state index contributed by atoms with van der Waals surface area (Å²) in [7, 11) is 0. The molecule has 1 spiro atoms. The number of ether oxygens (including phenoxy) is 1. The molecule has 4 heteroatoms. The minimum atomic E-state index is -0.734.